The molecule has 7 heteroatoms. The molecule has 0 aliphatic carbocycles. The largest absolute Gasteiger partial charge is 0.326 e. The minimum absolute atomic E-state index is 0.110. The molecule has 0 aliphatic rings. The van der Waals surface area contributed by atoms with Crippen LogP contribution in [0.15, 0.2) is 42.5 Å². The van der Waals surface area contributed by atoms with Gasteiger partial charge in [-0.05, 0) is 37.3 Å². The summed E-state index contributed by atoms with van der Waals surface area (Å²) in [4.78, 5) is 35.2. The standard InChI is InChI=1S/C17H14Cl2N2O3/c1-10(22)11-3-2-4-13(7-11)20-16(23)9-17(24)21-15-6-5-12(18)8-14(15)19/h2-8H,9H2,1H3,(H,20,23)(H,21,24). The van der Waals surface area contributed by atoms with Gasteiger partial charge in [0, 0.05) is 16.3 Å². The van der Waals surface area contributed by atoms with E-state index in [1.54, 1.807) is 36.4 Å². The Balaban J connectivity index is 1.95. The first-order valence-electron chi connectivity index (χ1n) is 7.01. The van der Waals surface area contributed by atoms with Crippen LogP contribution in [0.1, 0.15) is 23.7 Å². The molecule has 0 heterocycles. The number of carbonyl (C=O) groups is 3. The van der Waals surface area contributed by atoms with E-state index in [1.165, 1.54) is 13.0 Å². The summed E-state index contributed by atoms with van der Waals surface area (Å²) in [6, 6.07) is 11.1. The van der Waals surface area contributed by atoms with Crippen LogP contribution in [0, 0.1) is 0 Å². The molecular weight excluding hydrogens is 351 g/mol. The molecule has 0 radical (unpaired) electrons. The monoisotopic (exact) mass is 364 g/mol. The van der Waals surface area contributed by atoms with Crippen LogP contribution in [0.25, 0.3) is 0 Å². The maximum Gasteiger partial charge on any atom is 0.233 e. The van der Waals surface area contributed by atoms with Crippen molar-refractivity contribution in [3.63, 3.8) is 0 Å². The van der Waals surface area contributed by atoms with Gasteiger partial charge in [-0.2, -0.15) is 0 Å². The van der Waals surface area contributed by atoms with Crippen molar-refractivity contribution in [2.75, 3.05) is 10.6 Å². The van der Waals surface area contributed by atoms with Gasteiger partial charge in [-0.3, -0.25) is 14.4 Å². The lowest BCUT2D eigenvalue weighted by Gasteiger charge is -2.09. The lowest BCUT2D eigenvalue weighted by atomic mass is 10.1. The Morgan fingerprint density at radius 3 is 2.33 bits per heavy atom. The lowest BCUT2D eigenvalue weighted by Crippen LogP contribution is -2.21. The molecule has 2 amide bonds. The van der Waals surface area contributed by atoms with Gasteiger partial charge in [-0.15, -0.1) is 0 Å². The number of hydrogen-bond acceptors (Lipinski definition) is 3. The number of halogens is 2. The number of nitrogens with one attached hydrogen (secondary N) is 2. The summed E-state index contributed by atoms with van der Waals surface area (Å²) in [5.41, 5.74) is 1.30. The zero-order chi connectivity index (χ0) is 17.7. The van der Waals surface area contributed by atoms with Gasteiger partial charge in [0.05, 0.1) is 10.7 Å². The van der Waals surface area contributed by atoms with Crippen LogP contribution in [0.4, 0.5) is 11.4 Å². The van der Waals surface area contributed by atoms with Crippen molar-refractivity contribution < 1.29 is 14.4 Å². The van der Waals surface area contributed by atoms with Crippen molar-refractivity contribution in [3.8, 4) is 0 Å². The maximum absolute atomic E-state index is 11.9. The number of hydrogen-bond donors (Lipinski definition) is 2. The van der Waals surface area contributed by atoms with Gasteiger partial charge in [-0.1, -0.05) is 35.3 Å². The highest BCUT2D eigenvalue weighted by Crippen LogP contribution is 2.25. The molecule has 5 nitrogen and oxygen atoms in total. The number of amides is 2. The van der Waals surface area contributed by atoms with Crippen LogP contribution < -0.4 is 10.6 Å². The third kappa shape index (κ3) is 5.08. The summed E-state index contributed by atoms with van der Waals surface area (Å²) in [5.74, 6) is -1.13. The van der Waals surface area contributed by atoms with Crippen molar-refractivity contribution in [2.24, 2.45) is 0 Å². The fourth-order valence-corrected chi connectivity index (χ4v) is 2.41. The van der Waals surface area contributed by atoms with Gasteiger partial charge < -0.3 is 10.6 Å². The predicted octanol–water partition coefficient (Wildman–Crippen LogP) is 4.16. The summed E-state index contributed by atoms with van der Waals surface area (Å²) >= 11 is 11.7. The number of anilines is 2. The molecule has 0 saturated heterocycles. The number of ketones is 1. The molecule has 0 bridgehead atoms. The average Bonchev–Trinajstić information content (AvgIpc) is 2.50. The van der Waals surface area contributed by atoms with Crippen LogP contribution >= 0.6 is 23.2 Å². The molecule has 0 fully saturated rings. The topological polar surface area (TPSA) is 75.3 Å². The second-order valence-electron chi connectivity index (χ2n) is 5.03. The molecule has 0 atom stereocenters. The van der Waals surface area contributed by atoms with E-state index in [9.17, 15) is 14.4 Å². The van der Waals surface area contributed by atoms with Crippen LogP contribution in [0.5, 0.6) is 0 Å². The molecule has 0 aromatic heterocycles. The molecule has 2 aromatic carbocycles. The van der Waals surface area contributed by atoms with E-state index in [4.69, 9.17) is 23.2 Å². The summed E-state index contributed by atoms with van der Waals surface area (Å²) in [5, 5.41) is 5.84. The molecule has 0 saturated carbocycles. The molecule has 124 valence electrons. The highest BCUT2D eigenvalue weighted by atomic mass is 35.5. The Morgan fingerprint density at radius 2 is 1.67 bits per heavy atom. The molecule has 2 rings (SSSR count). The zero-order valence-corrected chi connectivity index (χ0v) is 14.2. The van der Waals surface area contributed by atoms with Crippen molar-refractivity contribution in [2.45, 2.75) is 13.3 Å². The normalized spacial score (nSPS) is 10.1. The van der Waals surface area contributed by atoms with Crippen molar-refractivity contribution in [1.82, 2.24) is 0 Å². The average molecular weight is 365 g/mol. The van der Waals surface area contributed by atoms with Crippen LogP contribution in [0.3, 0.4) is 0 Å². The van der Waals surface area contributed by atoms with Crippen molar-refractivity contribution in [3.05, 3.63) is 58.1 Å². The van der Waals surface area contributed by atoms with E-state index >= 15 is 0 Å². The van der Waals surface area contributed by atoms with E-state index in [2.05, 4.69) is 10.6 Å². The second-order valence-corrected chi connectivity index (χ2v) is 5.88. The Bertz CT molecular complexity index is 806. The Kier molecular flexibility index (Phi) is 5.95. The van der Waals surface area contributed by atoms with E-state index in [1.807, 2.05) is 0 Å². The van der Waals surface area contributed by atoms with Gasteiger partial charge in [0.2, 0.25) is 11.8 Å². The Labute approximate surface area is 149 Å². The molecule has 2 aromatic rings. The number of carbonyl (C=O) groups excluding carboxylic acids is 3. The van der Waals surface area contributed by atoms with E-state index in [-0.39, 0.29) is 17.2 Å². The molecule has 2 N–H and O–H groups in total. The minimum Gasteiger partial charge on any atom is -0.326 e. The summed E-state index contributed by atoms with van der Waals surface area (Å²) < 4.78 is 0. The zero-order valence-electron chi connectivity index (χ0n) is 12.7. The molecular formula is C17H14Cl2N2O3. The van der Waals surface area contributed by atoms with E-state index < -0.39 is 11.8 Å². The first-order chi connectivity index (χ1) is 11.3. The first kappa shape index (κ1) is 18.0. The predicted molar refractivity (Wildman–Crippen MR) is 94.8 cm³/mol. The first-order valence-corrected chi connectivity index (χ1v) is 7.76. The lowest BCUT2D eigenvalue weighted by molar-refractivity contribution is -0.123. The number of rotatable bonds is 5. The van der Waals surface area contributed by atoms with Crippen LogP contribution in [-0.4, -0.2) is 17.6 Å². The Hall–Kier alpha value is -2.37. The molecule has 0 unspecified atom stereocenters. The minimum atomic E-state index is -0.514. The van der Waals surface area contributed by atoms with Crippen molar-refractivity contribution >= 4 is 52.2 Å². The summed E-state index contributed by atoms with van der Waals surface area (Å²) in [6.07, 6.45) is -0.386. The van der Waals surface area contributed by atoms with Gasteiger partial charge in [0.25, 0.3) is 0 Å². The molecule has 24 heavy (non-hydrogen) atoms. The van der Waals surface area contributed by atoms with Gasteiger partial charge >= 0.3 is 0 Å². The maximum atomic E-state index is 11.9. The summed E-state index contributed by atoms with van der Waals surface area (Å²) in [6.45, 7) is 1.43. The third-order valence-corrected chi connectivity index (χ3v) is 3.63. The van der Waals surface area contributed by atoms with Crippen LogP contribution in [-0.2, 0) is 9.59 Å². The quantitative estimate of drug-likeness (QED) is 0.617. The SMILES string of the molecule is CC(=O)c1cccc(NC(=O)CC(=O)Nc2ccc(Cl)cc2Cl)c1. The fourth-order valence-electron chi connectivity index (χ4n) is 1.95. The highest BCUT2D eigenvalue weighted by Gasteiger charge is 2.12. The van der Waals surface area contributed by atoms with Crippen molar-refractivity contribution in [1.29, 1.82) is 0 Å². The van der Waals surface area contributed by atoms with Gasteiger partial charge in [0.15, 0.2) is 5.78 Å². The van der Waals surface area contributed by atoms with Gasteiger partial charge in [0.1, 0.15) is 6.42 Å². The highest BCUT2D eigenvalue weighted by molar-refractivity contribution is 6.36. The Morgan fingerprint density at radius 1 is 0.958 bits per heavy atom. The molecule has 0 spiro atoms. The summed E-state index contributed by atoms with van der Waals surface area (Å²) in [7, 11) is 0. The second kappa shape index (κ2) is 7.95. The molecule has 0 aliphatic heterocycles. The van der Waals surface area contributed by atoms with Gasteiger partial charge in [-0.25, -0.2) is 0 Å². The fraction of sp³-hybridized carbons (Fsp3) is 0.118. The smallest absolute Gasteiger partial charge is 0.233 e. The van der Waals surface area contributed by atoms with E-state index in [0.717, 1.165) is 0 Å². The number of Topliss-reactive ketones (excluding diaryl/α,β-unsaturated/α-hetero) is 1. The van der Waals surface area contributed by atoms with E-state index in [0.29, 0.717) is 22.0 Å². The number of benzene rings is 2. The third-order valence-electron chi connectivity index (χ3n) is 3.08. The van der Waals surface area contributed by atoms with Crippen LogP contribution in [0.2, 0.25) is 10.0 Å².